The van der Waals surface area contributed by atoms with Gasteiger partial charge in [-0.2, -0.15) is 0 Å². The van der Waals surface area contributed by atoms with E-state index in [4.69, 9.17) is 0 Å². The minimum absolute atomic E-state index is 0.367. The molecule has 3 heteroatoms. The van der Waals surface area contributed by atoms with E-state index in [-0.39, 0.29) is 0 Å². The van der Waals surface area contributed by atoms with Crippen molar-refractivity contribution in [2.24, 2.45) is 0 Å². The largest absolute Gasteiger partial charge is 0.400 e. The molecule has 1 radical (unpaired) electrons. The van der Waals surface area contributed by atoms with Crippen LogP contribution in [-0.2, 0) is 0 Å². The zero-order valence-corrected chi connectivity index (χ0v) is 9.90. The van der Waals surface area contributed by atoms with Crippen molar-refractivity contribution in [3.05, 3.63) is 77.9 Å². The molecule has 2 aliphatic heterocycles. The molecule has 4 rings (SSSR count). The van der Waals surface area contributed by atoms with E-state index in [1.54, 1.807) is 0 Å². The minimum atomic E-state index is 0.367. The lowest BCUT2D eigenvalue weighted by molar-refractivity contribution is 0.699. The van der Waals surface area contributed by atoms with Crippen molar-refractivity contribution in [1.29, 1.82) is 0 Å². The van der Waals surface area contributed by atoms with Crippen molar-refractivity contribution in [2.45, 2.75) is 5.92 Å². The van der Waals surface area contributed by atoms with Gasteiger partial charge in [-0.3, -0.25) is 0 Å². The van der Waals surface area contributed by atoms with E-state index in [0.29, 0.717) is 5.92 Å². The molecule has 0 fully saturated rings. The zero-order valence-electron chi connectivity index (χ0n) is 9.90. The third-order valence-electron chi connectivity index (χ3n) is 3.57. The van der Waals surface area contributed by atoms with Gasteiger partial charge in [0, 0.05) is 17.3 Å². The molecule has 85 valence electrons. The number of rotatable bonds is 1. The van der Waals surface area contributed by atoms with E-state index >= 15 is 0 Å². The van der Waals surface area contributed by atoms with Crippen LogP contribution in [0, 0.1) is 0 Å². The first-order valence-electron chi connectivity index (χ1n) is 6.17. The number of benzene rings is 1. The molecule has 2 aliphatic rings. The lowest BCUT2D eigenvalue weighted by Gasteiger charge is -2.26. The van der Waals surface area contributed by atoms with Gasteiger partial charge in [-0.25, -0.2) is 0 Å². The Morgan fingerprint density at radius 3 is 2.78 bits per heavy atom. The van der Waals surface area contributed by atoms with Crippen LogP contribution in [-0.4, -0.2) is 16.8 Å². The standard InChI is InChI=1S/C15H12BN2/c1-2-5-12(6-3-1)14-8-10-18-15(14)11-13-7-4-9-17(13)16-18/h1-11,14H. The zero-order chi connectivity index (χ0) is 11.9. The first-order valence-corrected chi connectivity index (χ1v) is 6.17. The summed E-state index contributed by atoms with van der Waals surface area (Å²) in [6.07, 6.45) is 8.74. The average molecular weight is 231 g/mol. The second-order valence-electron chi connectivity index (χ2n) is 4.66. The van der Waals surface area contributed by atoms with Gasteiger partial charge in [0.15, 0.2) is 0 Å². The van der Waals surface area contributed by atoms with E-state index in [1.165, 1.54) is 17.0 Å². The van der Waals surface area contributed by atoms with E-state index in [0.717, 1.165) is 0 Å². The quantitative estimate of drug-likeness (QED) is 0.685. The Morgan fingerprint density at radius 2 is 1.89 bits per heavy atom. The second kappa shape index (κ2) is 3.67. The normalized spacial score (nSPS) is 20.1. The fraction of sp³-hybridized carbons (Fsp3) is 0.0667. The Hall–Kier alpha value is -2.16. The van der Waals surface area contributed by atoms with Crippen LogP contribution in [0.3, 0.4) is 0 Å². The summed E-state index contributed by atoms with van der Waals surface area (Å²) in [6, 6.07) is 14.9. The molecule has 0 N–H and O–H groups in total. The van der Waals surface area contributed by atoms with Crippen molar-refractivity contribution in [1.82, 2.24) is 9.29 Å². The van der Waals surface area contributed by atoms with E-state index in [1.807, 2.05) is 0 Å². The molecule has 18 heavy (non-hydrogen) atoms. The summed E-state index contributed by atoms with van der Waals surface area (Å²) in [5.74, 6) is 0.367. The number of aromatic nitrogens is 1. The third kappa shape index (κ3) is 1.37. The summed E-state index contributed by atoms with van der Waals surface area (Å²) in [5.41, 5.74) is 3.91. The van der Waals surface area contributed by atoms with Crippen LogP contribution in [0.1, 0.15) is 17.2 Å². The van der Waals surface area contributed by atoms with Crippen LogP contribution in [0.4, 0.5) is 0 Å². The Morgan fingerprint density at radius 1 is 1.00 bits per heavy atom. The highest BCUT2D eigenvalue weighted by Crippen LogP contribution is 2.36. The summed E-state index contributed by atoms with van der Waals surface area (Å²) >= 11 is 0. The number of fused-ring (bicyclic) bond motifs is 2. The third-order valence-corrected chi connectivity index (χ3v) is 3.57. The number of nitrogens with zero attached hydrogens (tertiary/aromatic N) is 2. The van der Waals surface area contributed by atoms with Gasteiger partial charge in [-0.15, -0.1) is 0 Å². The highest BCUT2D eigenvalue weighted by atomic mass is 15.2. The fourth-order valence-electron chi connectivity index (χ4n) is 2.66. The van der Waals surface area contributed by atoms with Crippen molar-refractivity contribution in [2.75, 3.05) is 0 Å². The fourth-order valence-corrected chi connectivity index (χ4v) is 2.66. The first kappa shape index (κ1) is 9.83. The van der Waals surface area contributed by atoms with E-state index in [9.17, 15) is 0 Å². The smallest absolute Gasteiger partial charge is 0.378 e. The van der Waals surface area contributed by atoms with Crippen LogP contribution < -0.4 is 0 Å². The van der Waals surface area contributed by atoms with E-state index < -0.39 is 0 Å². The van der Waals surface area contributed by atoms with Crippen LogP contribution in [0.15, 0.2) is 66.6 Å². The molecule has 0 saturated carbocycles. The van der Waals surface area contributed by atoms with Gasteiger partial charge in [0.1, 0.15) is 0 Å². The van der Waals surface area contributed by atoms with Gasteiger partial charge < -0.3 is 9.29 Å². The number of allylic oxidation sites excluding steroid dienone is 1. The van der Waals surface area contributed by atoms with E-state index in [2.05, 4.69) is 83.9 Å². The number of hydrogen-bond acceptors (Lipinski definition) is 1. The van der Waals surface area contributed by atoms with Crippen LogP contribution in [0.2, 0.25) is 0 Å². The molecule has 0 saturated heterocycles. The van der Waals surface area contributed by atoms with Crippen molar-refractivity contribution in [3.8, 4) is 0 Å². The van der Waals surface area contributed by atoms with Crippen molar-refractivity contribution >= 4 is 13.6 Å². The molecular formula is C15H12BN2. The molecule has 3 heterocycles. The maximum Gasteiger partial charge on any atom is 0.400 e. The molecule has 0 spiro atoms. The van der Waals surface area contributed by atoms with Crippen molar-refractivity contribution in [3.63, 3.8) is 0 Å². The molecule has 1 aromatic carbocycles. The molecule has 1 unspecified atom stereocenters. The van der Waals surface area contributed by atoms with Gasteiger partial charge in [-0.1, -0.05) is 36.4 Å². The maximum atomic E-state index is 2.26. The maximum absolute atomic E-state index is 2.26. The molecule has 2 aromatic rings. The lowest BCUT2D eigenvalue weighted by Crippen LogP contribution is -2.30. The predicted octanol–water partition coefficient (Wildman–Crippen LogP) is 2.84. The van der Waals surface area contributed by atoms with Gasteiger partial charge in [0.05, 0.1) is 0 Å². The lowest BCUT2D eigenvalue weighted by atomic mass is 9.92. The number of hydrogen-bond donors (Lipinski definition) is 0. The molecule has 0 amide bonds. The monoisotopic (exact) mass is 231 g/mol. The minimum Gasteiger partial charge on any atom is -0.378 e. The Kier molecular flexibility index (Phi) is 2.00. The summed E-state index contributed by atoms with van der Waals surface area (Å²) < 4.78 is 2.14. The molecular weight excluding hydrogens is 219 g/mol. The van der Waals surface area contributed by atoms with Gasteiger partial charge in [0.25, 0.3) is 0 Å². The van der Waals surface area contributed by atoms with Gasteiger partial charge in [0.2, 0.25) is 0 Å². The van der Waals surface area contributed by atoms with Crippen LogP contribution in [0.25, 0.3) is 6.08 Å². The summed E-state index contributed by atoms with van der Waals surface area (Å²) in [7, 11) is 2.13. The van der Waals surface area contributed by atoms with Gasteiger partial charge >= 0.3 is 7.55 Å². The highest BCUT2D eigenvalue weighted by molar-refractivity contribution is 6.33. The summed E-state index contributed by atoms with van der Waals surface area (Å²) in [5, 5.41) is 0. The molecule has 0 aliphatic carbocycles. The first-order chi connectivity index (χ1) is 8.92. The summed E-state index contributed by atoms with van der Waals surface area (Å²) in [4.78, 5) is 2.20. The average Bonchev–Trinajstić information content (AvgIpc) is 3.02. The molecule has 1 atom stereocenters. The van der Waals surface area contributed by atoms with Crippen molar-refractivity contribution < 1.29 is 0 Å². The molecule has 1 aromatic heterocycles. The SMILES string of the molecule is [B]1N2C=CC(c3ccccc3)C2=Cc2cccn21. The Bertz CT molecular complexity index is 640. The Balaban J connectivity index is 1.79. The van der Waals surface area contributed by atoms with Crippen LogP contribution in [0.5, 0.6) is 0 Å². The summed E-state index contributed by atoms with van der Waals surface area (Å²) in [6.45, 7) is 0. The second-order valence-corrected chi connectivity index (χ2v) is 4.66. The Labute approximate surface area is 107 Å². The van der Waals surface area contributed by atoms with Gasteiger partial charge in [-0.05, 0) is 36.2 Å². The topological polar surface area (TPSA) is 8.17 Å². The highest BCUT2D eigenvalue weighted by Gasteiger charge is 2.28. The molecule has 2 nitrogen and oxygen atoms in total. The predicted molar refractivity (Wildman–Crippen MR) is 73.7 cm³/mol. The van der Waals surface area contributed by atoms with Crippen LogP contribution >= 0.6 is 0 Å². The molecule has 0 bridgehead atoms.